The highest BCUT2D eigenvalue weighted by Crippen LogP contribution is 1.91. The highest BCUT2D eigenvalue weighted by molar-refractivity contribution is 7.96. The van der Waals surface area contributed by atoms with E-state index in [2.05, 4.69) is 12.6 Å². The molecule has 9 heavy (non-hydrogen) atoms. The van der Waals surface area contributed by atoms with Gasteiger partial charge < -0.3 is 5.73 Å². The number of hydrogen-bond acceptors (Lipinski definition) is 3. The number of rotatable bonds is 3. The second-order valence-electron chi connectivity index (χ2n) is 1.83. The standard InChI is InChI=1S/C5H9NO2S/c1-3(6)4(7)2-5(8)9/h3H,2,6H2,1H3,(H,8,9). The number of ketones is 1. The van der Waals surface area contributed by atoms with Gasteiger partial charge in [-0.25, -0.2) is 0 Å². The van der Waals surface area contributed by atoms with Crippen molar-refractivity contribution in [1.29, 1.82) is 0 Å². The van der Waals surface area contributed by atoms with E-state index in [-0.39, 0.29) is 12.2 Å². The summed E-state index contributed by atoms with van der Waals surface area (Å²) in [6.07, 6.45) is -0.166. The monoisotopic (exact) mass is 147 g/mol. The number of Topliss-reactive ketones (excluding diaryl/α,β-unsaturated/α-hetero) is 1. The van der Waals surface area contributed by atoms with Crippen LogP contribution in [0.4, 0.5) is 0 Å². The zero-order chi connectivity index (χ0) is 7.44. The normalized spacial score (nSPS) is 12.8. The van der Waals surface area contributed by atoms with Gasteiger partial charge in [0.15, 0.2) is 10.9 Å². The van der Waals surface area contributed by atoms with Gasteiger partial charge in [-0.1, -0.05) is 0 Å². The van der Waals surface area contributed by atoms with E-state index >= 15 is 0 Å². The summed E-state index contributed by atoms with van der Waals surface area (Å²) < 4.78 is 0. The second kappa shape index (κ2) is 3.63. The Bertz CT molecular complexity index is 133. The average molecular weight is 147 g/mol. The number of hydrogen-bond donors (Lipinski definition) is 2. The minimum Gasteiger partial charge on any atom is -0.322 e. The molecule has 0 aliphatic carbocycles. The number of carbonyl (C=O) groups is 2. The summed E-state index contributed by atoms with van der Waals surface area (Å²) in [7, 11) is 0. The summed E-state index contributed by atoms with van der Waals surface area (Å²) in [5, 5.41) is -0.433. The van der Waals surface area contributed by atoms with Crippen molar-refractivity contribution in [2.24, 2.45) is 5.73 Å². The molecule has 0 saturated carbocycles. The number of thiol groups is 1. The third-order valence-corrected chi connectivity index (χ3v) is 0.991. The first-order valence-corrected chi connectivity index (χ1v) is 2.99. The van der Waals surface area contributed by atoms with Crippen LogP contribution in [0.2, 0.25) is 0 Å². The molecule has 0 saturated heterocycles. The van der Waals surface area contributed by atoms with Crippen LogP contribution in [0.15, 0.2) is 0 Å². The molecule has 1 atom stereocenters. The third kappa shape index (κ3) is 4.17. The zero-order valence-corrected chi connectivity index (χ0v) is 6.02. The predicted octanol–water partition coefficient (Wildman–Crippen LogP) is -0.251. The molecule has 0 aromatic heterocycles. The van der Waals surface area contributed by atoms with Crippen LogP contribution in [-0.4, -0.2) is 16.9 Å². The molecule has 4 heteroatoms. The van der Waals surface area contributed by atoms with E-state index < -0.39 is 11.2 Å². The molecule has 3 nitrogen and oxygen atoms in total. The maximum atomic E-state index is 10.6. The van der Waals surface area contributed by atoms with Crippen molar-refractivity contribution in [3.8, 4) is 0 Å². The molecule has 0 heterocycles. The third-order valence-electron chi connectivity index (χ3n) is 0.833. The molecule has 0 fully saturated rings. The van der Waals surface area contributed by atoms with Crippen molar-refractivity contribution in [2.75, 3.05) is 0 Å². The van der Waals surface area contributed by atoms with E-state index in [1.165, 1.54) is 0 Å². The van der Waals surface area contributed by atoms with Gasteiger partial charge in [0, 0.05) is 0 Å². The lowest BCUT2D eigenvalue weighted by molar-refractivity contribution is -0.123. The van der Waals surface area contributed by atoms with Gasteiger partial charge in [-0.05, 0) is 6.92 Å². The molecule has 0 rings (SSSR count). The van der Waals surface area contributed by atoms with Crippen molar-refractivity contribution in [2.45, 2.75) is 19.4 Å². The van der Waals surface area contributed by atoms with E-state index in [4.69, 9.17) is 5.73 Å². The van der Waals surface area contributed by atoms with Crippen molar-refractivity contribution < 1.29 is 9.59 Å². The molecule has 0 aliphatic heterocycles. The Kier molecular flexibility index (Phi) is 3.49. The Morgan fingerprint density at radius 3 is 2.22 bits per heavy atom. The van der Waals surface area contributed by atoms with Crippen molar-refractivity contribution in [3.63, 3.8) is 0 Å². The predicted molar refractivity (Wildman–Crippen MR) is 37.3 cm³/mol. The highest BCUT2D eigenvalue weighted by Gasteiger charge is 2.09. The van der Waals surface area contributed by atoms with Gasteiger partial charge in [-0.15, -0.1) is 12.6 Å². The molecule has 0 aromatic rings. The summed E-state index contributed by atoms with van der Waals surface area (Å²) in [5.41, 5.74) is 5.15. The Balaban J connectivity index is 3.64. The first kappa shape index (κ1) is 8.65. The smallest absolute Gasteiger partial charge is 0.193 e. The van der Waals surface area contributed by atoms with E-state index in [0.29, 0.717) is 0 Å². The van der Waals surface area contributed by atoms with Gasteiger partial charge in [0.05, 0.1) is 12.5 Å². The summed E-state index contributed by atoms with van der Waals surface area (Å²) in [6, 6.07) is -0.555. The summed E-state index contributed by atoms with van der Waals surface area (Å²) in [6.45, 7) is 1.54. The van der Waals surface area contributed by atoms with E-state index in [9.17, 15) is 9.59 Å². The molecule has 52 valence electrons. The first-order chi connectivity index (χ1) is 4.04. The molecular formula is C5H9NO2S. The van der Waals surface area contributed by atoms with Crippen LogP contribution in [0, 0.1) is 0 Å². The average Bonchev–Trinajstić information content (AvgIpc) is 1.63. The Labute approximate surface area is 59.0 Å². The van der Waals surface area contributed by atoms with Gasteiger partial charge in [0.25, 0.3) is 0 Å². The van der Waals surface area contributed by atoms with Crippen molar-refractivity contribution in [3.05, 3.63) is 0 Å². The first-order valence-electron chi connectivity index (χ1n) is 2.54. The maximum Gasteiger partial charge on any atom is 0.193 e. The van der Waals surface area contributed by atoms with Gasteiger partial charge in [0.1, 0.15) is 0 Å². The quantitative estimate of drug-likeness (QED) is 0.427. The topological polar surface area (TPSA) is 60.2 Å². The zero-order valence-electron chi connectivity index (χ0n) is 5.13. The van der Waals surface area contributed by atoms with Crippen LogP contribution in [0.5, 0.6) is 0 Å². The molecule has 0 aliphatic rings. The van der Waals surface area contributed by atoms with Gasteiger partial charge >= 0.3 is 0 Å². The SMILES string of the molecule is CC(N)C(=O)CC(=O)S. The fourth-order valence-corrected chi connectivity index (χ4v) is 0.466. The van der Waals surface area contributed by atoms with Crippen LogP contribution < -0.4 is 5.73 Å². The molecule has 2 N–H and O–H groups in total. The van der Waals surface area contributed by atoms with Gasteiger partial charge in [0.2, 0.25) is 0 Å². The maximum absolute atomic E-state index is 10.6. The Morgan fingerprint density at radius 2 is 2.11 bits per heavy atom. The fraction of sp³-hybridized carbons (Fsp3) is 0.600. The van der Waals surface area contributed by atoms with Gasteiger partial charge in [-0.2, -0.15) is 0 Å². The minimum atomic E-state index is -0.555. The lowest BCUT2D eigenvalue weighted by atomic mass is 10.2. The summed E-state index contributed by atoms with van der Waals surface area (Å²) in [4.78, 5) is 20.7. The molecule has 0 spiro atoms. The molecular weight excluding hydrogens is 138 g/mol. The van der Waals surface area contributed by atoms with Crippen LogP contribution >= 0.6 is 12.6 Å². The molecule has 0 aromatic carbocycles. The number of carbonyl (C=O) groups excluding carboxylic acids is 2. The molecule has 0 radical (unpaired) electrons. The molecule has 0 bridgehead atoms. The van der Waals surface area contributed by atoms with Crippen LogP contribution in [-0.2, 0) is 9.59 Å². The van der Waals surface area contributed by atoms with Crippen LogP contribution in [0.1, 0.15) is 13.3 Å². The summed E-state index contributed by atoms with van der Waals surface area (Å²) in [5.74, 6) is -0.269. The van der Waals surface area contributed by atoms with Crippen LogP contribution in [0.3, 0.4) is 0 Å². The van der Waals surface area contributed by atoms with Crippen molar-refractivity contribution >= 4 is 23.5 Å². The molecule has 0 amide bonds. The molecule has 1 unspecified atom stereocenters. The Morgan fingerprint density at radius 1 is 1.67 bits per heavy atom. The van der Waals surface area contributed by atoms with Crippen LogP contribution in [0.25, 0.3) is 0 Å². The van der Waals surface area contributed by atoms with E-state index in [1.807, 2.05) is 0 Å². The Hall–Kier alpha value is -0.350. The summed E-state index contributed by atoms with van der Waals surface area (Å²) >= 11 is 3.42. The fourth-order valence-electron chi connectivity index (χ4n) is 0.310. The van der Waals surface area contributed by atoms with E-state index in [0.717, 1.165) is 0 Å². The lowest BCUT2D eigenvalue weighted by Crippen LogP contribution is -2.27. The highest BCUT2D eigenvalue weighted by atomic mass is 32.1. The largest absolute Gasteiger partial charge is 0.322 e. The minimum absolute atomic E-state index is 0.166. The van der Waals surface area contributed by atoms with Crippen molar-refractivity contribution in [1.82, 2.24) is 0 Å². The lowest BCUT2D eigenvalue weighted by Gasteiger charge is -1.98. The van der Waals surface area contributed by atoms with E-state index in [1.54, 1.807) is 6.92 Å². The van der Waals surface area contributed by atoms with Gasteiger partial charge in [-0.3, -0.25) is 9.59 Å². The number of nitrogens with two attached hydrogens (primary N) is 1. The second-order valence-corrected chi connectivity index (χ2v) is 2.32.